The standard InChI is InChI=1S/C17H32N2O/c1-18-17(14-20)8-5-15(13-17)19-11-9-16(10-12-19)6-3-2-4-7-16/h15,18,20H,2-14H2,1H3. The smallest absolute Gasteiger partial charge is 0.0613 e. The van der Waals surface area contributed by atoms with Crippen molar-refractivity contribution in [1.29, 1.82) is 0 Å². The second-order valence-corrected chi connectivity index (χ2v) is 7.68. The third-order valence-corrected chi connectivity index (χ3v) is 6.70. The van der Waals surface area contributed by atoms with Gasteiger partial charge in [0.05, 0.1) is 6.61 Å². The molecule has 0 aromatic heterocycles. The van der Waals surface area contributed by atoms with Crippen LogP contribution in [0.2, 0.25) is 0 Å². The second-order valence-electron chi connectivity index (χ2n) is 7.68. The van der Waals surface area contributed by atoms with E-state index in [0.717, 1.165) is 12.8 Å². The first-order chi connectivity index (χ1) is 9.71. The Balaban J connectivity index is 1.54. The van der Waals surface area contributed by atoms with Crippen molar-refractivity contribution in [1.82, 2.24) is 10.2 Å². The summed E-state index contributed by atoms with van der Waals surface area (Å²) >= 11 is 0. The van der Waals surface area contributed by atoms with Gasteiger partial charge in [-0.05, 0) is 70.5 Å². The molecule has 3 heteroatoms. The van der Waals surface area contributed by atoms with E-state index in [1.807, 2.05) is 7.05 Å². The van der Waals surface area contributed by atoms with E-state index in [1.165, 1.54) is 64.5 Å². The number of likely N-dealkylation sites (N-methyl/N-ethyl adjacent to an activating group) is 1. The number of likely N-dealkylation sites (tertiary alicyclic amines) is 1. The van der Waals surface area contributed by atoms with Crippen LogP contribution >= 0.6 is 0 Å². The molecule has 3 aliphatic rings. The summed E-state index contributed by atoms with van der Waals surface area (Å²) in [7, 11) is 2.01. The Morgan fingerprint density at radius 1 is 1.05 bits per heavy atom. The maximum atomic E-state index is 9.65. The highest BCUT2D eigenvalue weighted by Gasteiger charge is 2.42. The molecule has 0 aromatic rings. The van der Waals surface area contributed by atoms with Crippen molar-refractivity contribution < 1.29 is 5.11 Å². The average Bonchev–Trinajstić information content (AvgIpc) is 2.94. The van der Waals surface area contributed by atoms with Gasteiger partial charge in [0, 0.05) is 11.6 Å². The molecule has 2 saturated carbocycles. The van der Waals surface area contributed by atoms with Gasteiger partial charge in [-0.3, -0.25) is 0 Å². The Morgan fingerprint density at radius 2 is 1.75 bits per heavy atom. The van der Waals surface area contributed by atoms with Crippen LogP contribution in [-0.2, 0) is 0 Å². The molecule has 2 unspecified atom stereocenters. The highest BCUT2D eigenvalue weighted by atomic mass is 16.3. The van der Waals surface area contributed by atoms with Gasteiger partial charge in [0.2, 0.25) is 0 Å². The van der Waals surface area contributed by atoms with Gasteiger partial charge in [0.25, 0.3) is 0 Å². The molecule has 20 heavy (non-hydrogen) atoms. The molecule has 1 aliphatic heterocycles. The van der Waals surface area contributed by atoms with Crippen LogP contribution in [0.4, 0.5) is 0 Å². The summed E-state index contributed by atoms with van der Waals surface area (Å²) in [5, 5.41) is 13.0. The fourth-order valence-corrected chi connectivity index (χ4v) is 5.02. The van der Waals surface area contributed by atoms with Crippen LogP contribution in [0.25, 0.3) is 0 Å². The van der Waals surface area contributed by atoms with Gasteiger partial charge in [-0.2, -0.15) is 0 Å². The first-order valence-corrected chi connectivity index (χ1v) is 8.75. The number of aliphatic hydroxyl groups is 1. The van der Waals surface area contributed by atoms with Gasteiger partial charge in [0.1, 0.15) is 0 Å². The summed E-state index contributed by atoms with van der Waals surface area (Å²) in [6, 6.07) is 0.704. The van der Waals surface area contributed by atoms with Crippen molar-refractivity contribution in [2.45, 2.75) is 75.8 Å². The molecule has 1 heterocycles. The molecule has 0 amide bonds. The number of hydrogen-bond acceptors (Lipinski definition) is 3. The average molecular weight is 280 g/mol. The molecule has 2 atom stereocenters. The van der Waals surface area contributed by atoms with Gasteiger partial charge in [-0.1, -0.05) is 19.3 Å². The third kappa shape index (κ3) is 2.77. The lowest BCUT2D eigenvalue weighted by molar-refractivity contribution is 0.0428. The van der Waals surface area contributed by atoms with Crippen LogP contribution in [0.5, 0.6) is 0 Å². The highest BCUT2D eigenvalue weighted by molar-refractivity contribution is 5.00. The Hall–Kier alpha value is -0.120. The highest BCUT2D eigenvalue weighted by Crippen LogP contribution is 2.46. The third-order valence-electron chi connectivity index (χ3n) is 6.70. The number of aliphatic hydroxyl groups excluding tert-OH is 1. The molecular weight excluding hydrogens is 248 g/mol. The van der Waals surface area contributed by atoms with Crippen molar-refractivity contribution >= 4 is 0 Å². The van der Waals surface area contributed by atoms with E-state index in [-0.39, 0.29) is 12.1 Å². The molecule has 1 saturated heterocycles. The van der Waals surface area contributed by atoms with E-state index in [9.17, 15) is 5.11 Å². The SMILES string of the molecule is CNC1(CO)CCC(N2CCC3(CCCCC3)CC2)C1. The Bertz CT molecular complexity index is 311. The molecule has 2 N–H and O–H groups in total. The van der Waals surface area contributed by atoms with Gasteiger partial charge in [0.15, 0.2) is 0 Å². The number of nitrogens with one attached hydrogen (secondary N) is 1. The fourth-order valence-electron chi connectivity index (χ4n) is 5.02. The maximum absolute atomic E-state index is 9.65. The minimum Gasteiger partial charge on any atom is -0.394 e. The monoisotopic (exact) mass is 280 g/mol. The second kappa shape index (κ2) is 5.94. The number of nitrogens with zero attached hydrogens (tertiary/aromatic N) is 1. The summed E-state index contributed by atoms with van der Waals surface area (Å²) in [5.74, 6) is 0. The van der Waals surface area contributed by atoms with Crippen molar-refractivity contribution in [2.24, 2.45) is 5.41 Å². The maximum Gasteiger partial charge on any atom is 0.0613 e. The summed E-state index contributed by atoms with van der Waals surface area (Å²) in [6.07, 6.45) is 13.8. The normalized spacial score (nSPS) is 38.4. The minimum atomic E-state index is 0.00460. The molecule has 3 fully saturated rings. The van der Waals surface area contributed by atoms with Crippen LogP contribution in [0, 0.1) is 5.41 Å². The minimum absolute atomic E-state index is 0.00460. The Kier molecular flexibility index (Phi) is 4.40. The first kappa shape index (κ1) is 14.8. The quantitative estimate of drug-likeness (QED) is 0.834. The molecule has 0 radical (unpaired) electrons. The van der Waals surface area contributed by atoms with Crippen molar-refractivity contribution in [3.8, 4) is 0 Å². The molecular formula is C17H32N2O. The van der Waals surface area contributed by atoms with Crippen LogP contribution in [0.15, 0.2) is 0 Å². The van der Waals surface area contributed by atoms with Crippen molar-refractivity contribution in [3.63, 3.8) is 0 Å². The molecule has 3 rings (SSSR count). The zero-order chi connectivity index (χ0) is 14.1. The van der Waals surface area contributed by atoms with Gasteiger partial charge in [-0.15, -0.1) is 0 Å². The Morgan fingerprint density at radius 3 is 2.30 bits per heavy atom. The predicted molar refractivity (Wildman–Crippen MR) is 82.8 cm³/mol. The van der Waals surface area contributed by atoms with Gasteiger partial charge < -0.3 is 15.3 Å². The number of piperidine rings is 1. The largest absolute Gasteiger partial charge is 0.394 e. The van der Waals surface area contributed by atoms with Crippen LogP contribution in [0.1, 0.15) is 64.2 Å². The molecule has 3 nitrogen and oxygen atoms in total. The number of hydrogen-bond donors (Lipinski definition) is 2. The van der Waals surface area contributed by atoms with Crippen LogP contribution in [-0.4, -0.2) is 48.3 Å². The molecule has 0 bridgehead atoms. The van der Waals surface area contributed by atoms with E-state index in [4.69, 9.17) is 0 Å². The van der Waals surface area contributed by atoms with Crippen molar-refractivity contribution in [3.05, 3.63) is 0 Å². The lowest BCUT2D eigenvalue weighted by atomic mass is 9.68. The van der Waals surface area contributed by atoms with E-state index in [0.29, 0.717) is 11.5 Å². The summed E-state index contributed by atoms with van der Waals surface area (Å²) in [4.78, 5) is 2.73. The Labute approximate surface area is 124 Å². The first-order valence-electron chi connectivity index (χ1n) is 8.75. The van der Waals surface area contributed by atoms with Gasteiger partial charge in [-0.25, -0.2) is 0 Å². The molecule has 1 spiro atoms. The molecule has 2 aliphatic carbocycles. The van der Waals surface area contributed by atoms with Crippen LogP contribution in [0.3, 0.4) is 0 Å². The van der Waals surface area contributed by atoms with Crippen molar-refractivity contribution in [2.75, 3.05) is 26.7 Å². The van der Waals surface area contributed by atoms with E-state index >= 15 is 0 Å². The summed E-state index contributed by atoms with van der Waals surface area (Å²) in [6.45, 7) is 2.89. The lowest BCUT2D eigenvalue weighted by Gasteiger charge is -2.46. The number of rotatable bonds is 3. The van der Waals surface area contributed by atoms with Gasteiger partial charge >= 0.3 is 0 Å². The predicted octanol–water partition coefficient (Wildman–Crippen LogP) is 2.54. The van der Waals surface area contributed by atoms with E-state index in [2.05, 4.69) is 10.2 Å². The van der Waals surface area contributed by atoms with E-state index < -0.39 is 0 Å². The zero-order valence-corrected chi connectivity index (χ0v) is 13.2. The fraction of sp³-hybridized carbons (Fsp3) is 1.00. The summed E-state index contributed by atoms with van der Waals surface area (Å²) < 4.78 is 0. The molecule has 116 valence electrons. The van der Waals surface area contributed by atoms with E-state index in [1.54, 1.807) is 0 Å². The lowest BCUT2D eigenvalue weighted by Crippen LogP contribution is -2.48. The molecule has 0 aromatic carbocycles. The zero-order valence-electron chi connectivity index (χ0n) is 13.2. The van der Waals surface area contributed by atoms with Crippen LogP contribution < -0.4 is 5.32 Å². The topological polar surface area (TPSA) is 35.5 Å². The summed E-state index contributed by atoms with van der Waals surface area (Å²) in [5.41, 5.74) is 0.717.